The number of halogens is 2. The summed E-state index contributed by atoms with van der Waals surface area (Å²) in [5, 5.41) is 9.16. The van der Waals surface area contributed by atoms with E-state index in [0.29, 0.717) is 5.56 Å². The maximum atomic E-state index is 14.6. The summed E-state index contributed by atoms with van der Waals surface area (Å²) in [4.78, 5) is 3.78. The van der Waals surface area contributed by atoms with Crippen molar-refractivity contribution in [3.63, 3.8) is 0 Å². The minimum absolute atomic E-state index is 0.150. The first kappa shape index (κ1) is 22.8. The molecule has 0 spiro atoms. The lowest BCUT2D eigenvalue weighted by molar-refractivity contribution is 0.165. The molecule has 0 aliphatic rings. The third kappa shape index (κ3) is 4.56. The molecule has 158 valence electrons. The van der Waals surface area contributed by atoms with Crippen LogP contribution in [0.3, 0.4) is 0 Å². The first-order valence-electron chi connectivity index (χ1n) is 8.86. The SMILES string of the molecule is CN=C(N)C(C)(C)S(=O)(=O)C(CC(O)c1ccc(F)cc1)c1cc(N)ccc1F. The molecule has 0 aliphatic heterocycles. The standard InChI is InChI=1S/C20H25F2N3O3S/c1-20(2,19(24)25-3)29(27,28)18(15-10-14(23)8-9-16(15)22)11-17(26)12-4-6-13(21)7-5-12/h4-10,17-18,26H,11,23H2,1-3H3,(H2,24,25). The van der Waals surface area contributed by atoms with Crippen LogP contribution in [0.1, 0.15) is 42.7 Å². The highest BCUT2D eigenvalue weighted by atomic mass is 32.2. The van der Waals surface area contributed by atoms with Gasteiger partial charge in [0.1, 0.15) is 22.2 Å². The summed E-state index contributed by atoms with van der Waals surface area (Å²) < 4.78 is 53.2. The summed E-state index contributed by atoms with van der Waals surface area (Å²) in [7, 11) is -2.84. The molecule has 0 amide bonds. The van der Waals surface area contributed by atoms with E-state index in [0.717, 1.165) is 18.2 Å². The summed E-state index contributed by atoms with van der Waals surface area (Å²) in [5.74, 6) is -1.43. The van der Waals surface area contributed by atoms with Crippen LogP contribution >= 0.6 is 0 Å². The molecule has 2 aromatic rings. The Balaban J connectivity index is 2.60. The second kappa shape index (κ2) is 8.46. The average Bonchev–Trinajstić information content (AvgIpc) is 2.67. The van der Waals surface area contributed by atoms with Crippen LogP contribution in [0.25, 0.3) is 0 Å². The van der Waals surface area contributed by atoms with E-state index in [1.54, 1.807) is 0 Å². The summed E-state index contributed by atoms with van der Waals surface area (Å²) in [6.45, 7) is 2.73. The predicted octanol–water partition coefficient (Wildman–Crippen LogP) is 2.89. The zero-order valence-electron chi connectivity index (χ0n) is 16.4. The van der Waals surface area contributed by atoms with Crippen LogP contribution < -0.4 is 11.5 Å². The summed E-state index contributed by atoms with van der Waals surface area (Å²) >= 11 is 0. The van der Waals surface area contributed by atoms with Crippen LogP contribution in [-0.4, -0.2) is 31.2 Å². The summed E-state index contributed by atoms with van der Waals surface area (Å²) in [5.41, 5.74) is 11.9. The zero-order valence-corrected chi connectivity index (χ0v) is 17.2. The van der Waals surface area contributed by atoms with Gasteiger partial charge in [-0.25, -0.2) is 17.2 Å². The maximum absolute atomic E-state index is 14.6. The molecular formula is C20H25F2N3O3S. The molecule has 0 fully saturated rings. The van der Waals surface area contributed by atoms with E-state index in [4.69, 9.17) is 11.5 Å². The highest BCUT2D eigenvalue weighted by Gasteiger charge is 2.45. The van der Waals surface area contributed by atoms with Crippen molar-refractivity contribution in [3.05, 3.63) is 65.2 Å². The molecule has 0 aromatic heterocycles. The number of aliphatic hydroxyl groups is 1. The Labute approximate surface area is 169 Å². The Hall–Kier alpha value is -2.52. The van der Waals surface area contributed by atoms with Crippen molar-refractivity contribution < 1.29 is 22.3 Å². The average molecular weight is 426 g/mol. The molecule has 9 heteroatoms. The second-order valence-electron chi connectivity index (χ2n) is 7.24. The van der Waals surface area contributed by atoms with E-state index in [9.17, 15) is 22.3 Å². The van der Waals surface area contributed by atoms with E-state index in [-0.39, 0.29) is 23.5 Å². The van der Waals surface area contributed by atoms with Gasteiger partial charge in [0.25, 0.3) is 0 Å². The van der Waals surface area contributed by atoms with E-state index in [1.807, 2.05) is 0 Å². The van der Waals surface area contributed by atoms with Gasteiger partial charge in [-0.15, -0.1) is 0 Å². The third-order valence-electron chi connectivity index (χ3n) is 5.00. The fourth-order valence-corrected chi connectivity index (χ4v) is 5.07. The molecule has 6 nitrogen and oxygen atoms in total. The number of rotatable bonds is 7. The van der Waals surface area contributed by atoms with E-state index in [1.165, 1.54) is 45.2 Å². The topological polar surface area (TPSA) is 119 Å². The van der Waals surface area contributed by atoms with Crippen LogP contribution in [0.4, 0.5) is 14.5 Å². The van der Waals surface area contributed by atoms with Crippen LogP contribution in [0, 0.1) is 11.6 Å². The molecule has 2 atom stereocenters. The number of hydrogen-bond donors (Lipinski definition) is 3. The normalized spacial score (nSPS) is 15.2. The number of aliphatic imine (C=N–C) groups is 1. The maximum Gasteiger partial charge on any atom is 0.169 e. The fourth-order valence-electron chi connectivity index (χ4n) is 3.02. The Morgan fingerprint density at radius 3 is 2.31 bits per heavy atom. The molecule has 0 saturated carbocycles. The highest BCUT2D eigenvalue weighted by Crippen LogP contribution is 2.40. The minimum atomic E-state index is -4.20. The molecule has 0 saturated heterocycles. The first-order valence-corrected chi connectivity index (χ1v) is 10.4. The van der Waals surface area contributed by atoms with Crippen LogP contribution in [-0.2, 0) is 9.84 Å². The predicted molar refractivity (Wildman–Crippen MR) is 110 cm³/mol. The lowest BCUT2D eigenvalue weighted by Crippen LogP contribution is -2.47. The van der Waals surface area contributed by atoms with Crippen molar-refractivity contribution in [1.82, 2.24) is 0 Å². The van der Waals surface area contributed by atoms with Gasteiger partial charge in [0.2, 0.25) is 0 Å². The van der Waals surface area contributed by atoms with Gasteiger partial charge in [-0.05, 0) is 56.2 Å². The number of nitrogen functional groups attached to an aromatic ring is 1. The van der Waals surface area contributed by atoms with Gasteiger partial charge >= 0.3 is 0 Å². The summed E-state index contributed by atoms with van der Waals surface area (Å²) in [6.07, 6.45) is -1.68. The highest BCUT2D eigenvalue weighted by molar-refractivity contribution is 7.93. The van der Waals surface area contributed by atoms with Crippen molar-refractivity contribution in [3.8, 4) is 0 Å². The molecule has 5 N–H and O–H groups in total. The van der Waals surface area contributed by atoms with Gasteiger partial charge in [-0.1, -0.05) is 12.1 Å². The molecule has 0 bridgehead atoms. The lowest BCUT2D eigenvalue weighted by Gasteiger charge is -2.31. The van der Waals surface area contributed by atoms with Gasteiger partial charge in [0, 0.05) is 18.3 Å². The molecule has 2 rings (SSSR count). The second-order valence-corrected chi connectivity index (χ2v) is 9.92. The smallest absolute Gasteiger partial charge is 0.169 e. The first-order chi connectivity index (χ1) is 13.4. The van der Waals surface area contributed by atoms with Crippen molar-refractivity contribution in [1.29, 1.82) is 0 Å². The van der Waals surface area contributed by atoms with Gasteiger partial charge in [0.15, 0.2) is 9.84 Å². The number of aliphatic hydroxyl groups excluding tert-OH is 1. The van der Waals surface area contributed by atoms with Gasteiger partial charge in [-0.2, -0.15) is 0 Å². The van der Waals surface area contributed by atoms with E-state index in [2.05, 4.69) is 4.99 Å². The Kier molecular flexibility index (Phi) is 6.64. The van der Waals surface area contributed by atoms with Crippen molar-refractivity contribution in [2.45, 2.75) is 36.4 Å². The number of sulfone groups is 1. The van der Waals surface area contributed by atoms with Crippen molar-refractivity contribution >= 4 is 21.4 Å². The third-order valence-corrected chi connectivity index (χ3v) is 7.83. The largest absolute Gasteiger partial charge is 0.399 e. The number of hydrogen-bond acceptors (Lipinski definition) is 5. The number of amidine groups is 1. The molecule has 0 aliphatic carbocycles. The molecular weight excluding hydrogens is 400 g/mol. The quantitative estimate of drug-likeness (QED) is 0.358. The number of benzene rings is 2. The Morgan fingerprint density at radius 1 is 1.17 bits per heavy atom. The zero-order chi connectivity index (χ0) is 22.0. The summed E-state index contributed by atoms with van der Waals surface area (Å²) in [6, 6.07) is 8.58. The Morgan fingerprint density at radius 2 is 1.76 bits per heavy atom. The van der Waals surface area contributed by atoms with Gasteiger partial charge < -0.3 is 16.6 Å². The van der Waals surface area contributed by atoms with Crippen LogP contribution in [0.2, 0.25) is 0 Å². The van der Waals surface area contributed by atoms with E-state index >= 15 is 0 Å². The van der Waals surface area contributed by atoms with E-state index < -0.39 is 37.6 Å². The number of nitrogens with two attached hydrogens (primary N) is 2. The molecule has 29 heavy (non-hydrogen) atoms. The minimum Gasteiger partial charge on any atom is -0.399 e. The van der Waals surface area contributed by atoms with Gasteiger partial charge in [0.05, 0.1) is 11.4 Å². The number of anilines is 1. The molecule has 2 unspecified atom stereocenters. The van der Waals surface area contributed by atoms with Crippen molar-refractivity contribution in [2.24, 2.45) is 10.7 Å². The monoisotopic (exact) mass is 425 g/mol. The molecule has 2 aromatic carbocycles. The molecule has 0 radical (unpaired) electrons. The van der Waals surface area contributed by atoms with Crippen LogP contribution in [0.15, 0.2) is 47.5 Å². The lowest BCUT2D eigenvalue weighted by atomic mass is 10.00. The van der Waals surface area contributed by atoms with Crippen molar-refractivity contribution in [2.75, 3.05) is 12.8 Å². The fraction of sp³-hybridized carbons (Fsp3) is 0.350. The molecule has 0 heterocycles. The van der Waals surface area contributed by atoms with Crippen LogP contribution in [0.5, 0.6) is 0 Å². The Bertz CT molecular complexity index is 1010. The number of nitrogens with zero attached hydrogens (tertiary/aromatic N) is 1. The van der Waals surface area contributed by atoms with Gasteiger partial charge in [-0.3, -0.25) is 4.99 Å².